The van der Waals surface area contributed by atoms with Gasteiger partial charge in [-0.05, 0) is 12.5 Å². The van der Waals surface area contributed by atoms with E-state index in [0.717, 1.165) is 6.29 Å². The normalized spacial score (nSPS) is 11.9. The smallest absolute Gasteiger partial charge is 0.145 e. The highest BCUT2D eigenvalue weighted by atomic mass is 16.1. The van der Waals surface area contributed by atoms with Gasteiger partial charge in [0.1, 0.15) is 6.29 Å². The van der Waals surface area contributed by atoms with Gasteiger partial charge in [0.15, 0.2) is 0 Å². The van der Waals surface area contributed by atoms with E-state index in [1.165, 1.54) is 0 Å². The van der Waals surface area contributed by atoms with E-state index in [1.54, 1.807) is 31.2 Å². The Kier molecular flexibility index (Phi) is 4.41. The Hall–Kier alpha value is -1.11. The number of allylic oxidation sites excluding steroid dienone is 5. The molecule has 0 radical (unpaired) electrons. The summed E-state index contributed by atoms with van der Waals surface area (Å²) in [5.41, 5.74) is 0.716. The van der Waals surface area contributed by atoms with Crippen LogP contribution in [0.1, 0.15) is 6.92 Å². The number of rotatable bonds is 3. The minimum absolute atomic E-state index is 0.716. The largest absolute Gasteiger partial charge is 0.298 e. The van der Waals surface area contributed by atoms with Gasteiger partial charge in [0.05, 0.1) is 0 Å². The van der Waals surface area contributed by atoms with Crippen LogP contribution in [0.3, 0.4) is 0 Å². The van der Waals surface area contributed by atoms with Gasteiger partial charge in [-0.1, -0.05) is 30.9 Å². The van der Waals surface area contributed by atoms with Crippen molar-refractivity contribution in [3.05, 3.63) is 36.5 Å². The molecule has 0 aromatic rings. The van der Waals surface area contributed by atoms with Crippen LogP contribution in [-0.4, -0.2) is 6.29 Å². The predicted molar refractivity (Wildman–Crippen MR) is 39.2 cm³/mol. The molecule has 0 fully saturated rings. The molecule has 0 bridgehead atoms. The first kappa shape index (κ1) is 7.89. The monoisotopic (exact) mass is 122 g/mol. The minimum Gasteiger partial charge on any atom is -0.298 e. The molecule has 9 heavy (non-hydrogen) atoms. The molecule has 0 aliphatic heterocycles. The molecule has 0 amide bonds. The van der Waals surface area contributed by atoms with Gasteiger partial charge in [0, 0.05) is 0 Å². The zero-order valence-electron chi connectivity index (χ0n) is 5.50. The quantitative estimate of drug-likeness (QED) is 0.317. The third-order valence-corrected chi connectivity index (χ3v) is 0.792. The van der Waals surface area contributed by atoms with Crippen LogP contribution in [0.15, 0.2) is 36.5 Å². The lowest BCUT2D eigenvalue weighted by Crippen LogP contribution is -1.71. The molecule has 0 heterocycles. The topological polar surface area (TPSA) is 17.1 Å². The van der Waals surface area contributed by atoms with Crippen LogP contribution < -0.4 is 0 Å². The molecular weight excluding hydrogens is 112 g/mol. The maximum absolute atomic E-state index is 9.97. The van der Waals surface area contributed by atoms with E-state index in [0.29, 0.717) is 5.57 Å². The van der Waals surface area contributed by atoms with Crippen molar-refractivity contribution in [1.29, 1.82) is 0 Å². The second-order valence-corrected chi connectivity index (χ2v) is 1.65. The first-order valence-corrected chi connectivity index (χ1v) is 2.72. The maximum atomic E-state index is 9.97. The molecule has 48 valence electrons. The van der Waals surface area contributed by atoms with Gasteiger partial charge in [0.2, 0.25) is 0 Å². The lowest BCUT2D eigenvalue weighted by Gasteiger charge is -1.77. The number of carbonyl (C=O) groups excluding carboxylic acids is 1. The Bertz CT molecular complexity index is 152. The van der Waals surface area contributed by atoms with Crippen LogP contribution in [0.5, 0.6) is 0 Å². The van der Waals surface area contributed by atoms with Crippen molar-refractivity contribution < 1.29 is 4.79 Å². The Labute approximate surface area is 55.4 Å². The zero-order valence-corrected chi connectivity index (χ0v) is 5.50. The van der Waals surface area contributed by atoms with Crippen LogP contribution in [0.4, 0.5) is 0 Å². The van der Waals surface area contributed by atoms with Crippen molar-refractivity contribution in [2.75, 3.05) is 0 Å². The second kappa shape index (κ2) is 5.04. The van der Waals surface area contributed by atoms with Gasteiger partial charge >= 0.3 is 0 Å². The van der Waals surface area contributed by atoms with Gasteiger partial charge in [-0.25, -0.2) is 0 Å². The SMILES string of the molecule is C=C/C=C\C=C(/C)C=O. The summed E-state index contributed by atoms with van der Waals surface area (Å²) in [6.07, 6.45) is 7.75. The van der Waals surface area contributed by atoms with Crippen LogP contribution in [0.25, 0.3) is 0 Å². The van der Waals surface area contributed by atoms with E-state index in [4.69, 9.17) is 0 Å². The minimum atomic E-state index is 0.716. The molecule has 1 heteroatoms. The molecule has 0 unspecified atom stereocenters. The highest BCUT2D eigenvalue weighted by Crippen LogP contribution is 1.86. The molecule has 0 aliphatic rings. The van der Waals surface area contributed by atoms with Crippen molar-refractivity contribution in [2.24, 2.45) is 0 Å². The van der Waals surface area contributed by atoms with Gasteiger partial charge in [-0.2, -0.15) is 0 Å². The fourth-order valence-electron chi connectivity index (χ4n) is 0.325. The molecule has 1 nitrogen and oxygen atoms in total. The van der Waals surface area contributed by atoms with E-state index in [9.17, 15) is 4.79 Å². The van der Waals surface area contributed by atoms with E-state index >= 15 is 0 Å². The van der Waals surface area contributed by atoms with Crippen molar-refractivity contribution >= 4 is 6.29 Å². The molecule has 0 spiro atoms. The summed E-state index contributed by atoms with van der Waals surface area (Å²) in [5.74, 6) is 0. The Balaban J connectivity index is 3.81. The van der Waals surface area contributed by atoms with Crippen LogP contribution >= 0.6 is 0 Å². The molecule has 0 aliphatic carbocycles. The summed E-state index contributed by atoms with van der Waals surface area (Å²) in [5, 5.41) is 0. The zero-order chi connectivity index (χ0) is 7.11. The third kappa shape index (κ3) is 4.75. The summed E-state index contributed by atoms with van der Waals surface area (Å²) in [6, 6.07) is 0. The predicted octanol–water partition coefficient (Wildman–Crippen LogP) is 1.87. The Morgan fingerprint density at radius 3 is 2.56 bits per heavy atom. The first-order valence-electron chi connectivity index (χ1n) is 2.72. The second-order valence-electron chi connectivity index (χ2n) is 1.65. The highest BCUT2D eigenvalue weighted by molar-refractivity contribution is 5.72. The van der Waals surface area contributed by atoms with Crippen molar-refractivity contribution in [3.63, 3.8) is 0 Å². The molecule has 0 N–H and O–H groups in total. The van der Waals surface area contributed by atoms with E-state index in [1.807, 2.05) is 0 Å². The fourth-order valence-corrected chi connectivity index (χ4v) is 0.325. The van der Waals surface area contributed by atoms with E-state index in [-0.39, 0.29) is 0 Å². The standard InChI is InChI=1S/C8H10O/c1-3-4-5-6-8(2)7-9/h3-7H,1H2,2H3/b5-4-,8-6+. The Morgan fingerprint density at radius 1 is 1.44 bits per heavy atom. The molecule has 0 rings (SSSR count). The van der Waals surface area contributed by atoms with Gasteiger partial charge in [-0.3, -0.25) is 4.79 Å². The number of carbonyl (C=O) groups is 1. The molecule has 0 atom stereocenters. The number of hydrogen-bond donors (Lipinski definition) is 0. The summed E-state index contributed by atoms with van der Waals surface area (Å²) >= 11 is 0. The molecule has 0 saturated carbocycles. The number of hydrogen-bond acceptors (Lipinski definition) is 1. The lowest BCUT2D eigenvalue weighted by molar-refractivity contribution is -0.104. The van der Waals surface area contributed by atoms with Crippen LogP contribution in [0.2, 0.25) is 0 Å². The highest BCUT2D eigenvalue weighted by Gasteiger charge is 1.75. The van der Waals surface area contributed by atoms with E-state index in [2.05, 4.69) is 6.58 Å². The molecule has 0 saturated heterocycles. The maximum Gasteiger partial charge on any atom is 0.145 e. The molecule has 0 aromatic carbocycles. The lowest BCUT2D eigenvalue weighted by atomic mass is 10.3. The summed E-state index contributed by atoms with van der Waals surface area (Å²) < 4.78 is 0. The van der Waals surface area contributed by atoms with Crippen molar-refractivity contribution in [3.8, 4) is 0 Å². The van der Waals surface area contributed by atoms with Gasteiger partial charge in [-0.15, -0.1) is 0 Å². The third-order valence-electron chi connectivity index (χ3n) is 0.792. The van der Waals surface area contributed by atoms with Gasteiger partial charge in [0.25, 0.3) is 0 Å². The average molecular weight is 122 g/mol. The fraction of sp³-hybridized carbons (Fsp3) is 0.125. The summed E-state index contributed by atoms with van der Waals surface area (Å²) in [7, 11) is 0. The van der Waals surface area contributed by atoms with Crippen LogP contribution in [-0.2, 0) is 4.79 Å². The average Bonchev–Trinajstić information content (AvgIpc) is 1.89. The molecule has 0 aromatic heterocycles. The number of aldehydes is 1. The van der Waals surface area contributed by atoms with Crippen LogP contribution in [0, 0.1) is 0 Å². The Morgan fingerprint density at radius 2 is 2.11 bits per heavy atom. The summed E-state index contributed by atoms with van der Waals surface area (Å²) in [4.78, 5) is 9.97. The van der Waals surface area contributed by atoms with E-state index < -0.39 is 0 Å². The van der Waals surface area contributed by atoms with Crippen molar-refractivity contribution in [2.45, 2.75) is 6.92 Å². The summed E-state index contributed by atoms with van der Waals surface area (Å²) in [6.45, 7) is 5.23. The first-order chi connectivity index (χ1) is 4.31. The molecular formula is C8H10O. The van der Waals surface area contributed by atoms with Gasteiger partial charge < -0.3 is 0 Å². The van der Waals surface area contributed by atoms with Crippen molar-refractivity contribution in [1.82, 2.24) is 0 Å².